The van der Waals surface area contributed by atoms with Gasteiger partial charge in [-0.25, -0.2) is 0 Å². The third kappa shape index (κ3) is 2.03. The molecule has 1 aromatic rings. The van der Waals surface area contributed by atoms with Crippen LogP contribution in [0.3, 0.4) is 0 Å². The first-order valence-electron chi connectivity index (χ1n) is 7.33. The van der Waals surface area contributed by atoms with Gasteiger partial charge in [0.25, 0.3) is 0 Å². The summed E-state index contributed by atoms with van der Waals surface area (Å²) in [7, 11) is 0. The monoisotopic (exact) mass is 244 g/mol. The number of hydrogen-bond donors (Lipinski definition) is 1. The minimum absolute atomic E-state index is 0.715. The highest BCUT2D eigenvalue weighted by Crippen LogP contribution is 2.32. The Hall–Kier alpha value is -1.02. The van der Waals surface area contributed by atoms with Gasteiger partial charge in [-0.3, -0.25) is 0 Å². The summed E-state index contributed by atoms with van der Waals surface area (Å²) < 4.78 is 0. The summed E-state index contributed by atoms with van der Waals surface area (Å²) in [6, 6.07) is 8.16. The van der Waals surface area contributed by atoms with Crippen LogP contribution in [0.1, 0.15) is 36.8 Å². The zero-order valence-electron chi connectivity index (χ0n) is 11.6. The molecule has 1 aliphatic carbocycles. The van der Waals surface area contributed by atoms with E-state index in [2.05, 4.69) is 42.3 Å². The van der Waals surface area contributed by atoms with Gasteiger partial charge in [0.05, 0.1) is 0 Å². The van der Waals surface area contributed by atoms with Crippen molar-refractivity contribution in [3.05, 3.63) is 29.3 Å². The number of hydrogen-bond acceptors (Lipinski definition) is 2. The molecule has 2 nitrogen and oxygen atoms in total. The lowest BCUT2D eigenvalue weighted by atomic mass is 9.87. The first kappa shape index (κ1) is 12.0. The highest BCUT2D eigenvalue weighted by atomic mass is 15.2. The third-order valence-corrected chi connectivity index (χ3v) is 4.77. The molecule has 18 heavy (non-hydrogen) atoms. The molecule has 1 saturated heterocycles. The van der Waals surface area contributed by atoms with Crippen LogP contribution in [0.15, 0.2) is 18.2 Å². The highest BCUT2D eigenvalue weighted by molar-refractivity contribution is 5.57. The molecule has 0 spiro atoms. The van der Waals surface area contributed by atoms with E-state index in [1.54, 1.807) is 0 Å². The van der Waals surface area contributed by atoms with Gasteiger partial charge in [-0.1, -0.05) is 25.0 Å². The number of anilines is 1. The Kier molecular flexibility index (Phi) is 3.29. The second-order valence-corrected chi connectivity index (χ2v) is 5.82. The van der Waals surface area contributed by atoms with Crippen LogP contribution >= 0.6 is 0 Å². The molecule has 0 radical (unpaired) electrons. The Labute approximate surface area is 110 Å². The molecule has 2 aliphatic rings. The molecule has 1 N–H and O–H groups in total. The summed E-state index contributed by atoms with van der Waals surface area (Å²) in [6.07, 6.45) is 5.50. The lowest BCUT2D eigenvalue weighted by molar-refractivity contribution is 0.284. The van der Waals surface area contributed by atoms with Gasteiger partial charge in [0.2, 0.25) is 0 Å². The van der Waals surface area contributed by atoms with Crippen LogP contribution < -0.4 is 10.2 Å². The average molecular weight is 244 g/mol. The Morgan fingerprint density at radius 2 is 2.00 bits per heavy atom. The maximum atomic E-state index is 3.71. The molecule has 1 heterocycles. The van der Waals surface area contributed by atoms with Crippen molar-refractivity contribution in [3.63, 3.8) is 0 Å². The van der Waals surface area contributed by atoms with E-state index in [9.17, 15) is 0 Å². The van der Waals surface area contributed by atoms with Crippen LogP contribution in [0, 0.1) is 13.8 Å². The van der Waals surface area contributed by atoms with E-state index in [1.807, 2.05) is 0 Å². The van der Waals surface area contributed by atoms with E-state index in [-0.39, 0.29) is 0 Å². The Balaban J connectivity index is 1.92. The molecule has 2 fully saturated rings. The van der Waals surface area contributed by atoms with Gasteiger partial charge in [0, 0.05) is 30.9 Å². The van der Waals surface area contributed by atoms with Gasteiger partial charge in [0.1, 0.15) is 0 Å². The molecular formula is C16H24N2. The number of benzene rings is 1. The normalized spacial score (nSPS) is 28.0. The smallest absolute Gasteiger partial charge is 0.0443 e. The first-order chi connectivity index (χ1) is 8.77. The van der Waals surface area contributed by atoms with Crippen LogP contribution in [-0.4, -0.2) is 25.2 Å². The standard InChI is InChI=1S/C16H24N2/c1-12-6-5-9-15(13(12)2)18-11-10-17-14-7-3-4-8-16(14)18/h5-6,9,14,16-17H,3-4,7-8,10-11H2,1-2H3/t14-,16-/m0/s1. The first-order valence-corrected chi connectivity index (χ1v) is 7.33. The minimum Gasteiger partial charge on any atom is -0.365 e. The zero-order valence-corrected chi connectivity index (χ0v) is 11.6. The van der Waals surface area contributed by atoms with E-state index in [4.69, 9.17) is 0 Å². The number of aryl methyl sites for hydroxylation is 1. The molecule has 2 heteroatoms. The van der Waals surface area contributed by atoms with Crippen molar-refractivity contribution in [1.82, 2.24) is 5.32 Å². The van der Waals surface area contributed by atoms with Crippen molar-refractivity contribution in [1.29, 1.82) is 0 Å². The predicted octanol–water partition coefficient (Wildman–Crippen LogP) is 3.02. The van der Waals surface area contributed by atoms with Crippen LogP contribution in [0.25, 0.3) is 0 Å². The molecule has 2 atom stereocenters. The summed E-state index contributed by atoms with van der Waals surface area (Å²) in [5.41, 5.74) is 4.34. The van der Waals surface area contributed by atoms with Crippen molar-refractivity contribution in [3.8, 4) is 0 Å². The Morgan fingerprint density at radius 1 is 1.17 bits per heavy atom. The predicted molar refractivity (Wildman–Crippen MR) is 77.3 cm³/mol. The number of fused-ring (bicyclic) bond motifs is 1. The van der Waals surface area contributed by atoms with E-state index >= 15 is 0 Å². The molecular weight excluding hydrogens is 220 g/mol. The third-order valence-electron chi connectivity index (χ3n) is 4.77. The molecule has 1 aliphatic heterocycles. The van der Waals surface area contributed by atoms with E-state index in [1.165, 1.54) is 42.5 Å². The van der Waals surface area contributed by atoms with E-state index < -0.39 is 0 Å². The van der Waals surface area contributed by atoms with Gasteiger partial charge in [-0.15, -0.1) is 0 Å². The van der Waals surface area contributed by atoms with Crippen molar-refractivity contribution in [2.75, 3.05) is 18.0 Å². The molecule has 0 amide bonds. The van der Waals surface area contributed by atoms with Crippen LogP contribution in [0.2, 0.25) is 0 Å². The van der Waals surface area contributed by atoms with Crippen molar-refractivity contribution < 1.29 is 0 Å². The lowest BCUT2D eigenvalue weighted by Gasteiger charge is -2.46. The molecule has 3 rings (SSSR count). The largest absolute Gasteiger partial charge is 0.365 e. The van der Waals surface area contributed by atoms with Gasteiger partial charge >= 0.3 is 0 Å². The van der Waals surface area contributed by atoms with Gasteiger partial charge < -0.3 is 10.2 Å². The average Bonchev–Trinajstić information content (AvgIpc) is 2.41. The zero-order chi connectivity index (χ0) is 12.5. The molecule has 0 bridgehead atoms. The van der Waals surface area contributed by atoms with E-state index in [0.29, 0.717) is 12.1 Å². The van der Waals surface area contributed by atoms with E-state index in [0.717, 1.165) is 13.1 Å². The summed E-state index contributed by atoms with van der Waals surface area (Å²) in [6.45, 7) is 6.78. The molecule has 1 aromatic carbocycles. The molecule has 1 saturated carbocycles. The maximum Gasteiger partial charge on any atom is 0.0443 e. The second-order valence-electron chi connectivity index (χ2n) is 5.82. The van der Waals surface area contributed by atoms with Crippen LogP contribution in [0.4, 0.5) is 5.69 Å². The minimum atomic E-state index is 0.715. The lowest BCUT2D eigenvalue weighted by Crippen LogP contribution is -2.59. The summed E-state index contributed by atoms with van der Waals surface area (Å²) in [4.78, 5) is 2.67. The molecule has 0 unspecified atom stereocenters. The number of rotatable bonds is 1. The SMILES string of the molecule is Cc1cccc(N2CCN[C@H]3CCCC[C@@H]32)c1C. The summed E-state index contributed by atoms with van der Waals surface area (Å²) in [5, 5.41) is 3.71. The van der Waals surface area contributed by atoms with Crippen molar-refractivity contribution in [2.24, 2.45) is 0 Å². The summed E-state index contributed by atoms with van der Waals surface area (Å²) in [5.74, 6) is 0. The number of nitrogens with zero attached hydrogens (tertiary/aromatic N) is 1. The fourth-order valence-electron chi connectivity index (χ4n) is 3.60. The Morgan fingerprint density at radius 3 is 2.89 bits per heavy atom. The second kappa shape index (κ2) is 4.93. The van der Waals surface area contributed by atoms with Gasteiger partial charge in [-0.2, -0.15) is 0 Å². The fourth-order valence-corrected chi connectivity index (χ4v) is 3.60. The van der Waals surface area contributed by atoms with Crippen LogP contribution in [0.5, 0.6) is 0 Å². The van der Waals surface area contributed by atoms with Gasteiger partial charge in [-0.05, 0) is 43.9 Å². The van der Waals surface area contributed by atoms with Crippen molar-refractivity contribution >= 4 is 5.69 Å². The highest BCUT2D eigenvalue weighted by Gasteiger charge is 2.33. The fraction of sp³-hybridized carbons (Fsp3) is 0.625. The number of piperazine rings is 1. The van der Waals surface area contributed by atoms with Gasteiger partial charge in [0.15, 0.2) is 0 Å². The maximum absolute atomic E-state index is 3.71. The quantitative estimate of drug-likeness (QED) is 0.817. The topological polar surface area (TPSA) is 15.3 Å². The summed E-state index contributed by atoms with van der Waals surface area (Å²) >= 11 is 0. The molecule has 98 valence electrons. The van der Waals surface area contributed by atoms with Crippen LogP contribution in [-0.2, 0) is 0 Å². The molecule has 0 aromatic heterocycles. The Bertz CT molecular complexity index is 425. The van der Waals surface area contributed by atoms with Crippen molar-refractivity contribution in [2.45, 2.75) is 51.6 Å². The number of nitrogens with one attached hydrogen (secondary N) is 1.